The molecule has 2 heterocycles. The van der Waals surface area contributed by atoms with Crippen molar-refractivity contribution in [3.05, 3.63) is 56.4 Å². The number of nitrogens with zero attached hydrogens (tertiary/aromatic N) is 1. The number of aryl methyl sites for hydroxylation is 3. The molecular weight excluding hydrogens is 372 g/mol. The summed E-state index contributed by atoms with van der Waals surface area (Å²) >= 11 is 7.99. The van der Waals surface area contributed by atoms with Crippen LogP contribution in [0.5, 0.6) is 0 Å². The van der Waals surface area contributed by atoms with E-state index in [1.807, 2.05) is 0 Å². The van der Waals surface area contributed by atoms with Crippen LogP contribution in [0.1, 0.15) is 55.2 Å². The van der Waals surface area contributed by atoms with E-state index in [2.05, 4.69) is 69.6 Å². The first-order valence-electron chi connectivity index (χ1n) is 9.70. The quantitative estimate of drug-likeness (QED) is 0.575. The Hall–Kier alpha value is -1.45. The molecule has 4 heteroatoms. The zero-order valence-corrected chi connectivity index (χ0v) is 18.8. The van der Waals surface area contributed by atoms with E-state index < -0.39 is 0 Å². The molecule has 1 N–H and O–H groups in total. The van der Waals surface area contributed by atoms with Crippen LogP contribution in [-0.2, 0) is 13.0 Å². The van der Waals surface area contributed by atoms with Crippen molar-refractivity contribution in [2.75, 3.05) is 16.8 Å². The zero-order chi connectivity index (χ0) is 19.8. The summed E-state index contributed by atoms with van der Waals surface area (Å²) < 4.78 is 0.908. The first-order chi connectivity index (χ1) is 12.6. The maximum Gasteiger partial charge on any atom is 0.0934 e. The van der Waals surface area contributed by atoms with Crippen LogP contribution in [-0.4, -0.2) is 6.54 Å². The van der Waals surface area contributed by atoms with Crippen molar-refractivity contribution in [3.63, 3.8) is 0 Å². The maximum atomic E-state index is 6.25. The molecule has 1 aromatic heterocycles. The molecule has 0 aliphatic carbocycles. The average molecular weight is 403 g/mol. The van der Waals surface area contributed by atoms with E-state index in [0.717, 1.165) is 36.0 Å². The summed E-state index contributed by atoms with van der Waals surface area (Å²) in [6.07, 6.45) is 3.26. The second-order valence-corrected chi connectivity index (χ2v) is 10.7. The molecule has 146 valence electrons. The summed E-state index contributed by atoms with van der Waals surface area (Å²) in [4.78, 5) is 3.94. The van der Waals surface area contributed by atoms with Crippen molar-refractivity contribution >= 4 is 34.3 Å². The second kappa shape index (κ2) is 7.89. The third kappa shape index (κ3) is 5.08. The van der Waals surface area contributed by atoms with Crippen LogP contribution in [0.3, 0.4) is 0 Å². The second-order valence-electron chi connectivity index (χ2n) is 8.94. The van der Waals surface area contributed by atoms with Gasteiger partial charge in [0.05, 0.1) is 4.34 Å². The van der Waals surface area contributed by atoms with Gasteiger partial charge in [-0.15, -0.1) is 11.3 Å². The van der Waals surface area contributed by atoms with Gasteiger partial charge in [0, 0.05) is 35.0 Å². The van der Waals surface area contributed by atoms with Crippen molar-refractivity contribution in [1.29, 1.82) is 0 Å². The summed E-state index contributed by atoms with van der Waals surface area (Å²) in [5, 5.41) is 3.57. The van der Waals surface area contributed by atoms with E-state index >= 15 is 0 Å². The fourth-order valence-corrected chi connectivity index (χ4v) is 5.24. The zero-order valence-electron chi connectivity index (χ0n) is 17.2. The van der Waals surface area contributed by atoms with Crippen molar-refractivity contribution in [2.24, 2.45) is 5.41 Å². The summed E-state index contributed by atoms with van der Waals surface area (Å²) in [6, 6.07) is 6.75. The lowest BCUT2D eigenvalue weighted by molar-refractivity contribution is 0.411. The van der Waals surface area contributed by atoms with E-state index in [0.29, 0.717) is 0 Å². The molecule has 0 bridgehead atoms. The molecule has 3 rings (SSSR count). The maximum absolute atomic E-state index is 6.25. The number of halogens is 1. The van der Waals surface area contributed by atoms with Crippen LogP contribution in [0.4, 0.5) is 11.4 Å². The van der Waals surface area contributed by atoms with E-state index in [4.69, 9.17) is 11.6 Å². The van der Waals surface area contributed by atoms with Gasteiger partial charge in [-0.25, -0.2) is 0 Å². The lowest BCUT2D eigenvalue weighted by atomic mass is 9.90. The van der Waals surface area contributed by atoms with Gasteiger partial charge >= 0.3 is 0 Å². The minimum atomic E-state index is 0.234. The Labute approximate surface area is 173 Å². The van der Waals surface area contributed by atoms with Crippen LogP contribution in [0.2, 0.25) is 4.34 Å². The lowest BCUT2D eigenvalue weighted by Crippen LogP contribution is -2.22. The van der Waals surface area contributed by atoms with Crippen LogP contribution < -0.4 is 10.2 Å². The van der Waals surface area contributed by atoms with E-state index in [1.165, 1.54) is 39.4 Å². The number of rotatable bonds is 4. The van der Waals surface area contributed by atoms with E-state index in [1.54, 1.807) is 11.3 Å². The van der Waals surface area contributed by atoms with Gasteiger partial charge in [-0.1, -0.05) is 39.0 Å². The molecular formula is C23H31ClN2S. The van der Waals surface area contributed by atoms with Crippen molar-refractivity contribution in [1.82, 2.24) is 0 Å². The third-order valence-corrected chi connectivity index (χ3v) is 6.35. The van der Waals surface area contributed by atoms with Gasteiger partial charge < -0.3 is 10.2 Å². The minimum absolute atomic E-state index is 0.234. The van der Waals surface area contributed by atoms with Crippen molar-refractivity contribution < 1.29 is 0 Å². The van der Waals surface area contributed by atoms with E-state index in [9.17, 15) is 0 Å². The molecule has 1 aliphatic heterocycles. The Morgan fingerprint density at radius 2 is 1.89 bits per heavy atom. The topological polar surface area (TPSA) is 15.3 Å². The monoisotopic (exact) mass is 402 g/mol. The number of hydrogen-bond acceptors (Lipinski definition) is 3. The highest BCUT2D eigenvalue weighted by Crippen LogP contribution is 2.35. The molecule has 27 heavy (non-hydrogen) atoms. The van der Waals surface area contributed by atoms with Gasteiger partial charge in [0.1, 0.15) is 0 Å². The highest BCUT2D eigenvalue weighted by molar-refractivity contribution is 7.16. The van der Waals surface area contributed by atoms with Gasteiger partial charge in [0.25, 0.3) is 0 Å². The van der Waals surface area contributed by atoms with Crippen LogP contribution in [0.25, 0.3) is 0 Å². The number of allylic oxidation sites excluding steroid dienone is 1. The summed E-state index contributed by atoms with van der Waals surface area (Å²) in [5.74, 6) is 0. The van der Waals surface area contributed by atoms with Gasteiger partial charge in [0.15, 0.2) is 0 Å². The van der Waals surface area contributed by atoms with Gasteiger partial charge in [-0.05, 0) is 73.4 Å². The molecule has 0 atom stereocenters. The van der Waals surface area contributed by atoms with Crippen molar-refractivity contribution in [3.8, 4) is 0 Å². The van der Waals surface area contributed by atoms with Crippen LogP contribution in [0.15, 0.2) is 30.5 Å². The SMILES string of the molecule is C=C(CC(C)(C)C)Nc1c(C)cc(N2CCCc3sc(Cl)cc3C2)cc1C. The third-order valence-electron chi connectivity index (χ3n) is 4.99. The Kier molecular flexibility index (Phi) is 5.93. The Bertz CT molecular complexity index is 822. The first-order valence-corrected chi connectivity index (χ1v) is 10.9. The fraction of sp³-hybridized carbons (Fsp3) is 0.478. The van der Waals surface area contributed by atoms with Crippen LogP contribution in [0, 0.1) is 19.3 Å². The minimum Gasteiger partial charge on any atom is -0.367 e. The standard InChI is InChI=1S/C23H31ClN2S/c1-15-10-19(11-16(2)22(15)25-17(3)13-23(4,5)6)26-9-7-8-20-18(14-26)12-21(24)27-20/h10-12,25H,3,7-9,13-14H2,1-2,4-6H3. The molecule has 0 unspecified atom stereocenters. The molecule has 0 saturated carbocycles. The highest BCUT2D eigenvalue weighted by atomic mass is 35.5. The summed E-state index contributed by atoms with van der Waals surface area (Å²) in [7, 11) is 0. The highest BCUT2D eigenvalue weighted by Gasteiger charge is 2.19. The Morgan fingerprint density at radius 3 is 2.52 bits per heavy atom. The van der Waals surface area contributed by atoms with Gasteiger partial charge in [0.2, 0.25) is 0 Å². The Balaban J connectivity index is 1.81. The Morgan fingerprint density at radius 1 is 1.22 bits per heavy atom. The number of thiophene rings is 1. The first kappa shape index (κ1) is 20.3. The average Bonchev–Trinajstić information content (AvgIpc) is 2.76. The molecule has 2 nitrogen and oxygen atoms in total. The predicted molar refractivity (Wildman–Crippen MR) is 121 cm³/mol. The largest absolute Gasteiger partial charge is 0.367 e. The molecule has 0 radical (unpaired) electrons. The van der Waals surface area contributed by atoms with Crippen molar-refractivity contribution in [2.45, 2.75) is 60.4 Å². The number of fused-ring (bicyclic) bond motifs is 1. The molecule has 2 aromatic rings. The van der Waals surface area contributed by atoms with E-state index in [-0.39, 0.29) is 5.41 Å². The van der Waals surface area contributed by atoms with Crippen LogP contribution >= 0.6 is 22.9 Å². The number of benzene rings is 1. The predicted octanol–water partition coefficient (Wildman–Crippen LogP) is 7.33. The lowest BCUT2D eigenvalue weighted by Gasteiger charge is -2.26. The number of anilines is 2. The van der Waals surface area contributed by atoms with Gasteiger partial charge in [-0.2, -0.15) is 0 Å². The summed E-state index contributed by atoms with van der Waals surface area (Å²) in [6.45, 7) is 17.4. The fourth-order valence-electron chi connectivity index (χ4n) is 3.89. The number of nitrogens with one attached hydrogen (secondary N) is 1. The van der Waals surface area contributed by atoms with Gasteiger partial charge in [-0.3, -0.25) is 0 Å². The smallest absolute Gasteiger partial charge is 0.0934 e. The summed E-state index contributed by atoms with van der Waals surface area (Å²) in [5.41, 5.74) is 7.74. The molecule has 0 saturated heterocycles. The number of hydrogen-bond donors (Lipinski definition) is 1. The molecule has 1 aliphatic rings. The molecule has 0 fully saturated rings. The molecule has 0 amide bonds. The molecule has 0 spiro atoms. The normalized spacial score (nSPS) is 14.7. The molecule has 1 aromatic carbocycles.